The lowest BCUT2D eigenvalue weighted by atomic mass is 9.96. The molecule has 1 aliphatic heterocycles. The van der Waals surface area contributed by atoms with E-state index in [1.54, 1.807) is 33.0 Å². The van der Waals surface area contributed by atoms with Crippen LogP contribution in [0.2, 0.25) is 0 Å². The summed E-state index contributed by atoms with van der Waals surface area (Å²) in [6, 6.07) is 3.50. The molecule has 246 valence electrons. The summed E-state index contributed by atoms with van der Waals surface area (Å²) in [4.78, 5) is 41.2. The van der Waals surface area contributed by atoms with E-state index in [4.69, 9.17) is 4.74 Å². The van der Waals surface area contributed by atoms with Crippen LogP contribution in [-0.4, -0.2) is 66.0 Å². The number of esters is 1. The van der Waals surface area contributed by atoms with E-state index in [2.05, 4.69) is 11.9 Å². The van der Waals surface area contributed by atoms with E-state index in [0.29, 0.717) is 34.7 Å². The molecule has 1 aromatic rings. The van der Waals surface area contributed by atoms with Gasteiger partial charge in [-0.2, -0.15) is 0 Å². The Hall–Kier alpha value is -3.02. The number of benzene rings is 1. The zero-order valence-corrected chi connectivity index (χ0v) is 28.9. The number of aliphatic hydroxyl groups is 1. The van der Waals surface area contributed by atoms with E-state index in [9.17, 15) is 19.5 Å². The second-order valence-corrected chi connectivity index (χ2v) is 14.3. The zero-order chi connectivity index (χ0) is 33.4. The van der Waals surface area contributed by atoms with Crippen LogP contribution in [0.1, 0.15) is 66.4 Å². The van der Waals surface area contributed by atoms with Gasteiger partial charge in [0.15, 0.2) is 5.78 Å². The van der Waals surface area contributed by atoms with Crippen molar-refractivity contribution < 1.29 is 28.6 Å². The second-order valence-electron chi connectivity index (χ2n) is 11.5. The minimum Gasteiger partial charge on any atom is -0.461 e. The third-order valence-electron chi connectivity index (χ3n) is 7.93. The lowest BCUT2D eigenvalue weighted by Crippen LogP contribution is -2.32. The number of hydrogen-bond acceptors (Lipinski definition) is 10. The molecule has 0 aromatic heterocycles. The van der Waals surface area contributed by atoms with Crippen molar-refractivity contribution in [1.82, 2.24) is 5.32 Å². The summed E-state index contributed by atoms with van der Waals surface area (Å²) in [5, 5.41) is 13.0. The Labute approximate surface area is 275 Å². The number of aliphatic hydroxyl groups excluding tert-OH is 1. The van der Waals surface area contributed by atoms with Crippen LogP contribution in [0.5, 0.6) is 0 Å². The number of carbonyl (C=O) groups is 3. The number of halogens is 1. The molecule has 0 spiro atoms. The molecule has 1 saturated carbocycles. The number of anilines is 2. The lowest BCUT2D eigenvalue weighted by Gasteiger charge is -2.26. The summed E-state index contributed by atoms with van der Waals surface area (Å²) in [5.74, 6) is -1.16. The summed E-state index contributed by atoms with van der Waals surface area (Å²) in [6.45, 7) is 14.5. The largest absolute Gasteiger partial charge is 0.461 e. The maximum atomic E-state index is 15.2. The van der Waals surface area contributed by atoms with Crippen molar-refractivity contribution >= 4 is 58.5 Å². The molecule has 0 saturated heterocycles. The predicted octanol–water partition coefficient (Wildman–Crippen LogP) is 6.42. The first-order valence-electron chi connectivity index (χ1n) is 15.2. The highest BCUT2D eigenvalue weighted by Gasteiger charge is 2.32. The van der Waals surface area contributed by atoms with Crippen LogP contribution in [0, 0.1) is 11.7 Å². The molecule has 1 aliphatic carbocycles. The second kappa shape index (κ2) is 16.5. The number of ether oxygens (including phenoxy) is 1. The number of nitrogens with one attached hydrogen (secondary N) is 1. The Morgan fingerprint density at radius 2 is 1.91 bits per heavy atom. The number of carbonyl (C=O) groups excluding carboxylic acids is 3. The van der Waals surface area contributed by atoms with Gasteiger partial charge in [-0.3, -0.25) is 9.59 Å². The molecule has 2 aliphatic rings. The molecular formula is C34H46FN3O5S2. The Morgan fingerprint density at radius 3 is 2.44 bits per heavy atom. The van der Waals surface area contributed by atoms with Crippen LogP contribution in [0.4, 0.5) is 15.8 Å². The fraction of sp³-hybridized carbons (Fsp3) is 0.500. The van der Waals surface area contributed by atoms with Gasteiger partial charge in [0.25, 0.3) is 0 Å². The smallest absolute Gasteiger partial charge is 0.335 e. The molecule has 2 unspecified atom stereocenters. The van der Waals surface area contributed by atoms with Crippen molar-refractivity contribution in [3.05, 3.63) is 63.6 Å². The summed E-state index contributed by atoms with van der Waals surface area (Å²) in [7, 11) is 1.85. The van der Waals surface area contributed by atoms with Gasteiger partial charge in [0, 0.05) is 70.5 Å². The van der Waals surface area contributed by atoms with E-state index in [0.717, 1.165) is 34.9 Å². The van der Waals surface area contributed by atoms with Gasteiger partial charge >= 0.3 is 5.97 Å². The van der Waals surface area contributed by atoms with Gasteiger partial charge in [-0.1, -0.05) is 19.6 Å². The Balaban J connectivity index is 1.72. The predicted molar refractivity (Wildman–Crippen MR) is 185 cm³/mol. The van der Waals surface area contributed by atoms with Crippen molar-refractivity contribution in [3.63, 3.8) is 0 Å². The fourth-order valence-electron chi connectivity index (χ4n) is 5.16. The van der Waals surface area contributed by atoms with Crippen LogP contribution >= 0.6 is 23.5 Å². The molecule has 0 bridgehead atoms. The molecule has 3 rings (SSSR count). The quantitative estimate of drug-likeness (QED) is 0.111. The number of Topliss-reactive ketones (excluding diaryl/α,β-unsaturated/α-hetero) is 2. The minimum absolute atomic E-state index is 0.0874. The number of ketones is 2. The monoisotopic (exact) mass is 659 g/mol. The normalized spacial score (nSPS) is 17.6. The number of rotatable bonds is 17. The average molecular weight is 660 g/mol. The maximum absolute atomic E-state index is 15.2. The number of nitrogens with zero attached hydrogens (tertiary/aromatic N) is 2. The van der Waals surface area contributed by atoms with Gasteiger partial charge in [-0.25, -0.2) is 9.18 Å². The molecular weight excluding hydrogens is 614 g/mol. The van der Waals surface area contributed by atoms with Gasteiger partial charge in [-0.05, 0) is 59.6 Å². The Morgan fingerprint density at radius 1 is 1.22 bits per heavy atom. The highest BCUT2D eigenvalue weighted by Crippen LogP contribution is 2.40. The van der Waals surface area contributed by atoms with E-state index in [1.807, 2.05) is 36.0 Å². The highest BCUT2D eigenvalue weighted by molar-refractivity contribution is 8.22. The Bertz CT molecular complexity index is 1390. The van der Waals surface area contributed by atoms with Crippen molar-refractivity contribution in [2.24, 2.45) is 5.92 Å². The van der Waals surface area contributed by atoms with E-state index >= 15 is 4.39 Å². The molecule has 1 heterocycles. The molecule has 1 aromatic carbocycles. The topological polar surface area (TPSA) is 99.2 Å². The minimum atomic E-state index is -0.813. The van der Waals surface area contributed by atoms with Crippen molar-refractivity contribution in [1.29, 1.82) is 0 Å². The van der Waals surface area contributed by atoms with Gasteiger partial charge in [0.1, 0.15) is 18.2 Å². The molecule has 1 fully saturated rings. The Kier molecular flexibility index (Phi) is 13.4. The highest BCUT2D eigenvalue weighted by atomic mass is 32.2. The molecule has 8 nitrogen and oxygen atoms in total. The third-order valence-corrected chi connectivity index (χ3v) is 10.7. The summed E-state index contributed by atoms with van der Waals surface area (Å²) in [6.07, 6.45) is 7.21. The van der Waals surface area contributed by atoms with Crippen molar-refractivity contribution in [3.8, 4) is 0 Å². The van der Waals surface area contributed by atoms with E-state index in [-0.39, 0.29) is 35.3 Å². The first-order valence-corrected chi connectivity index (χ1v) is 17.1. The van der Waals surface area contributed by atoms with Gasteiger partial charge in [0.05, 0.1) is 29.0 Å². The van der Waals surface area contributed by atoms with Gasteiger partial charge in [-0.15, -0.1) is 23.5 Å². The third kappa shape index (κ3) is 9.73. The zero-order valence-electron chi connectivity index (χ0n) is 27.3. The summed E-state index contributed by atoms with van der Waals surface area (Å²) in [5.41, 5.74) is 3.90. The fourth-order valence-corrected chi connectivity index (χ4v) is 8.07. The summed E-state index contributed by atoms with van der Waals surface area (Å²) < 4.78 is 21.5. The van der Waals surface area contributed by atoms with Crippen molar-refractivity contribution in [2.75, 3.05) is 35.8 Å². The first kappa shape index (κ1) is 36.4. The lowest BCUT2D eigenvalue weighted by molar-refractivity contribution is -0.138. The number of allylic oxidation sites excluding steroid dienone is 1. The van der Waals surface area contributed by atoms with Crippen LogP contribution in [-0.2, 0) is 19.1 Å². The van der Waals surface area contributed by atoms with Gasteiger partial charge in [0.2, 0.25) is 0 Å². The molecule has 45 heavy (non-hydrogen) atoms. The van der Waals surface area contributed by atoms with Crippen LogP contribution < -0.4 is 15.1 Å². The van der Waals surface area contributed by atoms with Crippen LogP contribution in [0.15, 0.2) is 52.2 Å². The maximum Gasteiger partial charge on any atom is 0.335 e. The van der Waals surface area contributed by atoms with E-state index < -0.39 is 18.0 Å². The molecule has 0 amide bonds. The molecule has 2 N–H and O–H groups in total. The van der Waals surface area contributed by atoms with Crippen LogP contribution in [0.3, 0.4) is 0 Å². The standard InChI is InChI=1S/C34H46FN3O5S2/c1-9-26-16-29(35)31(37-13-12-27(19-37)36-8)17-30(26)38(28-10-11-28)18-20(2)33(42)43-14-15-44-34(21(3)22(4)39)45-25(7)32(23(5)40)24(6)41/h9,16-19,23,25,28,32,36,40H,1,10-15H2,2-8H3/b20-18+,34-21+/t23-,25?,32?/m0/s1. The molecule has 11 heteroatoms. The SMILES string of the molecule is C=Cc1cc(F)c(N2C=C(NC)CC2)cc1N(/C=C(\C)C(=O)OCCS/C(SC(C)C(C(C)=O)[C@H](C)O)=C(/C)C(C)=O)C1CC1. The van der Waals surface area contributed by atoms with Crippen LogP contribution in [0.25, 0.3) is 6.08 Å². The van der Waals surface area contributed by atoms with Gasteiger partial charge < -0.3 is 25.0 Å². The van der Waals surface area contributed by atoms with Crippen molar-refractivity contribution in [2.45, 2.75) is 78.2 Å². The molecule has 3 atom stereocenters. The summed E-state index contributed by atoms with van der Waals surface area (Å²) >= 11 is 2.77. The number of thioether (sulfide) groups is 2. The molecule has 0 radical (unpaired) electrons. The number of hydrogen-bond donors (Lipinski definition) is 2. The van der Waals surface area contributed by atoms with E-state index in [1.165, 1.54) is 43.4 Å². The average Bonchev–Trinajstić information content (AvgIpc) is 3.72. The first-order chi connectivity index (χ1) is 21.3.